The lowest BCUT2D eigenvalue weighted by atomic mass is 9.89. The Morgan fingerprint density at radius 3 is 2.17 bits per heavy atom. The van der Waals surface area contributed by atoms with E-state index in [1.807, 2.05) is 12.1 Å². The minimum absolute atomic E-state index is 0.921. The van der Waals surface area contributed by atoms with Gasteiger partial charge in [-0.25, -0.2) is 0 Å². The summed E-state index contributed by atoms with van der Waals surface area (Å²) in [5.41, 5.74) is 4.84. The van der Waals surface area contributed by atoms with Gasteiger partial charge in [-0.1, -0.05) is 91.0 Å². The maximum Gasteiger partial charge on any atom is 0.135 e. The molecule has 1 heteroatoms. The van der Waals surface area contributed by atoms with Crippen LogP contribution in [-0.2, 0) is 0 Å². The van der Waals surface area contributed by atoms with E-state index in [1.165, 1.54) is 59.8 Å². The van der Waals surface area contributed by atoms with Crippen molar-refractivity contribution in [3.63, 3.8) is 0 Å². The van der Waals surface area contributed by atoms with Crippen molar-refractivity contribution in [1.29, 1.82) is 0 Å². The van der Waals surface area contributed by atoms with Crippen LogP contribution in [0, 0.1) is 0 Å². The Morgan fingerprint density at radius 2 is 1.17 bits per heavy atom. The molecule has 0 aromatic heterocycles. The van der Waals surface area contributed by atoms with Gasteiger partial charge in [0.05, 0.1) is 0 Å². The minimum Gasteiger partial charge on any atom is -0.456 e. The largest absolute Gasteiger partial charge is 0.456 e. The number of benzene rings is 7. The van der Waals surface area contributed by atoms with E-state index < -0.39 is 0 Å². The summed E-state index contributed by atoms with van der Waals surface area (Å²) in [5.74, 6) is 1.85. The lowest BCUT2D eigenvalue weighted by Gasteiger charge is -2.22. The highest BCUT2D eigenvalue weighted by molar-refractivity contribution is 6.14. The van der Waals surface area contributed by atoms with Crippen molar-refractivity contribution in [2.45, 2.75) is 0 Å². The second-order valence-electron chi connectivity index (χ2n) is 9.36. The van der Waals surface area contributed by atoms with Gasteiger partial charge in [-0.3, -0.25) is 0 Å². The molecule has 0 saturated carbocycles. The lowest BCUT2D eigenvalue weighted by Crippen LogP contribution is -1.97. The van der Waals surface area contributed by atoms with Gasteiger partial charge < -0.3 is 4.74 Å². The van der Waals surface area contributed by atoms with E-state index in [1.54, 1.807) is 0 Å². The van der Waals surface area contributed by atoms with Crippen molar-refractivity contribution in [2.75, 3.05) is 0 Å². The van der Waals surface area contributed by atoms with Crippen LogP contribution < -0.4 is 4.74 Å². The van der Waals surface area contributed by atoms with Crippen LogP contribution in [0.1, 0.15) is 0 Å². The van der Waals surface area contributed by atoms with Crippen LogP contribution in [0.25, 0.3) is 65.3 Å². The normalized spacial score (nSPS) is 12.2. The van der Waals surface area contributed by atoms with Crippen molar-refractivity contribution >= 4 is 43.1 Å². The van der Waals surface area contributed by atoms with Crippen LogP contribution in [-0.4, -0.2) is 0 Å². The molecular formula is C34H20O. The predicted molar refractivity (Wildman–Crippen MR) is 147 cm³/mol. The summed E-state index contributed by atoms with van der Waals surface area (Å²) in [6.45, 7) is 0. The van der Waals surface area contributed by atoms with E-state index in [9.17, 15) is 0 Å². The molecule has 1 heterocycles. The SMILES string of the molecule is c1ccc2c(c1)Oc1ccc(-c3ccc4cc5ccc6ccccc6c5cc4c3)c3cccc-2c13. The van der Waals surface area contributed by atoms with Crippen molar-refractivity contribution in [1.82, 2.24) is 0 Å². The Balaban J connectivity index is 1.38. The maximum absolute atomic E-state index is 6.30. The molecule has 0 radical (unpaired) electrons. The Morgan fingerprint density at radius 1 is 0.371 bits per heavy atom. The van der Waals surface area contributed by atoms with E-state index in [-0.39, 0.29) is 0 Å². The first-order valence-corrected chi connectivity index (χ1v) is 12.0. The van der Waals surface area contributed by atoms with Crippen LogP contribution in [0.15, 0.2) is 121 Å². The summed E-state index contributed by atoms with van der Waals surface area (Å²) >= 11 is 0. The van der Waals surface area contributed by atoms with Crippen molar-refractivity contribution in [3.05, 3.63) is 121 Å². The first-order chi connectivity index (χ1) is 17.3. The minimum atomic E-state index is 0.921. The number of para-hydroxylation sites is 1. The molecular weight excluding hydrogens is 424 g/mol. The third kappa shape index (κ3) is 2.70. The highest BCUT2D eigenvalue weighted by atomic mass is 16.5. The second-order valence-corrected chi connectivity index (χ2v) is 9.36. The van der Waals surface area contributed by atoms with Gasteiger partial charge in [0.25, 0.3) is 0 Å². The predicted octanol–water partition coefficient (Wildman–Crippen LogP) is 9.74. The molecule has 0 N–H and O–H groups in total. The zero-order valence-corrected chi connectivity index (χ0v) is 19.0. The Kier molecular flexibility index (Phi) is 3.72. The third-order valence-electron chi connectivity index (χ3n) is 7.41. The van der Waals surface area contributed by atoms with E-state index in [0.29, 0.717) is 0 Å². The zero-order chi connectivity index (χ0) is 22.9. The standard InChI is InChI=1S/C34H20O/c1-2-7-26-21(6-1)12-14-24-18-22-13-15-23(19-25(22)20-31(24)26)27-16-17-33-34-29(27)9-5-10-30(34)28-8-3-4-11-32(28)35-33/h1-20H. The molecule has 1 nitrogen and oxygen atoms in total. The average molecular weight is 445 g/mol. The number of ether oxygens (including phenoxy) is 1. The summed E-state index contributed by atoms with van der Waals surface area (Å²) < 4.78 is 6.30. The lowest BCUT2D eigenvalue weighted by molar-refractivity contribution is 0.487. The number of rotatable bonds is 1. The van der Waals surface area contributed by atoms with Crippen molar-refractivity contribution in [2.24, 2.45) is 0 Å². The molecule has 35 heavy (non-hydrogen) atoms. The third-order valence-corrected chi connectivity index (χ3v) is 7.41. The van der Waals surface area contributed by atoms with Crippen LogP contribution in [0.5, 0.6) is 11.5 Å². The first kappa shape index (κ1) is 18.8. The quantitative estimate of drug-likeness (QED) is 0.181. The van der Waals surface area contributed by atoms with Gasteiger partial charge in [0.1, 0.15) is 11.5 Å². The van der Waals surface area contributed by atoms with Crippen LogP contribution >= 0.6 is 0 Å². The van der Waals surface area contributed by atoms with Gasteiger partial charge in [-0.05, 0) is 84.7 Å². The molecule has 0 fully saturated rings. The topological polar surface area (TPSA) is 9.23 Å². The van der Waals surface area contributed by atoms with Gasteiger partial charge >= 0.3 is 0 Å². The summed E-state index contributed by atoms with van der Waals surface area (Å²) in [6, 6.07) is 43.8. The fraction of sp³-hybridized carbons (Fsp3) is 0. The van der Waals surface area contributed by atoms with Gasteiger partial charge in [-0.2, -0.15) is 0 Å². The smallest absolute Gasteiger partial charge is 0.135 e. The highest BCUT2D eigenvalue weighted by Crippen LogP contribution is 2.48. The second kappa shape index (κ2) is 6.94. The molecule has 0 saturated heterocycles. The van der Waals surface area contributed by atoms with E-state index in [4.69, 9.17) is 4.74 Å². The summed E-state index contributed by atoms with van der Waals surface area (Å²) in [7, 11) is 0. The number of hydrogen-bond acceptors (Lipinski definition) is 1. The summed E-state index contributed by atoms with van der Waals surface area (Å²) in [6.07, 6.45) is 0. The fourth-order valence-electron chi connectivity index (χ4n) is 5.75. The molecule has 7 aromatic carbocycles. The molecule has 0 spiro atoms. The van der Waals surface area contributed by atoms with Crippen LogP contribution in [0.3, 0.4) is 0 Å². The van der Waals surface area contributed by atoms with Gasteiger partial charge in [-0.15, -0.1) is 0 Å². The molecule has 0 unspecified atom stereocenters. The van der Waals surface area contributed by atoms with Gasteiger partial charge in [0.2, 0.25) is 0 Å². The maximum atomic E-state index is 6.30. The number of hydrogen-bond donors (Lipinski definition) is 0. The van der Waals surface area contributed by atoms with Crippen molar-refractivity contribution in [3.8, 4) is 33.8 Å². The Hall–Kier alpha value is -4.62. The molecule has 162 valence electrons. The molecule has 0 aliphatic carbocycles. The average Bonchev–Trinajstić information content (AvgIpc) is 2.92. The Labute approximate surface area is 202 Å². The molecule has 0 bridgehead atoms. The molecule has 8 rings (SSSR count). The van der Waals surface area contributed by atoms with E-state index in [2.05, 4.69) is 109 Å². The Bertz CT molecular complexity index is 1980. The zero-order valence-electron chi connectivity index (χ0n) is 19.0. The highest BCUT2D eigenvalue weighted by Gasteiger charge is 2.21. The summed E-state index contributed by atoms with van der Waals surface area (Å²) in [4.78, 5) is 0. The molecule has 0 atom stereocenters. The van der Waals surface area contributed by atoms with E-state index >= 15 is 0 Å². The monoisotopic (exact) mass is 444 g/mol. The van der Waals surface area contributed by atoms with Gasteiger partial charge in [0.15, 0.2) is 0 Å². The summed E-state index contributed by atoms with van der Waals surface area (Å²) in [5, 5.41) is 10.1. The first-order valence-electron chi connectivity index (χ1n) is 12.0. The molecule has 1 aliphatic rings. The molecule has 1 aliphatic heterocycles. The van der Waals surface area contributed by atoms with Crippen LogP contribution in [0.2, 0.25) is 0 Å². The van der Waals surface area contributed by atoms with Crippen molar-refractivity contribution < 1.29 is 4.74 Å². The van der Waals surface area contributed by atoms with Gasteiger partial charge in [0, 0.05) is 10.9 Å². The number of fused-ring (bicyclic) bond motifs is 6. The van der Waals surface area contributed by atoms with Crippen LogP contribution in [0.4, 0.5) is 0 Å². The molecule has 0 amide bonds. The van der Waals surface area contributed by atoms with E-state index in [0.717, 1.165) is 17.1 Å². The molecule has 7 aromatic rings. The fourth-order valence-corrected chi connectivity index (χ4v) is 5.75.